The molecule has 1 rings (SSSR count). The molecule has 0 saturated carbocycles. The lowest BCUT2D eigenvalue weighted by molar-refractivity contribution is -0.104. The largest absolute Gasteiger partial charge is 0.455 e. The molecule has 0 bridgehead atoms. The lowest BCUT2D eigenvalue weighted by Gasteiger charge is -2.14. The molecule has 4 heteroatoms. The average Bonchev–Trinajstić information content (AvgIpc) is 2.38. The number of aliphatic hydroxyl groups is 1. The van der Waals surface area contributed by atoms with Crippen LogP contribution in [0.5, 0.6) is 0 Å². The van der Waals surface area contributed by atoms with Crippen LogP contribution in [0, 0.1) is 11.8 Å². The van der Waals surface area contributed by atoms with Gasteiger partial charge in [-0.1, -0.05) is 5.92 Å². The second kappa shape index (κ2) is 4.28. The van der Waals surface area contributed by atoms with E-state index in [0.29, 0.717) is 12.0 Å². The summed E-state index contributed by atoms with van der Waals surface area (Å²) in [5.74, 6) is 5.71. The Morgan fingerprint density at radius 1 is 1.50 bits per heavy atom. The van der Waals surface area contributed by atoms with Crippen molar-refractivity contribution in [1.82, 2.24) is 0 Å². The van der Waals surface area contributed by atoms with Gasteiger partial charge in [-0.25, -0.2) is 0 Å². The number of rotatable bonds is 1. The molecule has 1 aliphatic heterocycles. The van der Waals surface area contributed by atoms with Gasteiger partial charge in [0.1, 0.15) is 23.2 Å². The van der Waals surface area contributed by atoms with Crippen molar-refractivity contribution in [2.75, 3.05) is 0 Å². The van der Waals surface area contributed by atoms with Gasteiger partial charge in [0, 0.05) is 6.08 Å². The van der Waals surface area contributed by atoms with Gasteiger partial charge >= 0.3 is 0 Å². The first kappa shape index (κ1) is 12.8. The Morgan fingerprint density at radius 3 is 2.62 bits per heavy atom. The molecule has 1 N–H and O–H groups in total. The summed E-state index contributed by atoms with van der Waals surface area (Å²) in [6, 6.07) is 0. The van der Waals surface area contributed by atoms with Crippen LogP contribution >= 0.6 is 0 Å². The molecular formula is C12H16O4. The van der Waals surface area contributed by atoms with Crippen LogP contribution in [0.1, 0.15) is 27.7 Å². The minimum absolute atomic E-state index is 0.442. The summed E-state index contributed by atoms with van der Waals surface area (Å²) in [6.07, 6.45) is 1.21. The molecular weight excluding hydrogens is 208 g/mol. The van der Waals surface area contributed by atoms with E-state index in [9.17, 15) is 9.90 Å². The summed E-state index contributed by atoms with van der Waals surface area (Å²) >= 11 is 0. The van der Waals surface area contributed by atoms with Gasteiger partial charge in [-0.15, -0.1) is 0 Å². The molecule has 1 atom stereocenters. The molecule has 1 saturated heterocycles. The highest BCUT2D eigenvalue weighted by atomic mass is 16.7. The van der Waals surface area contributed by atoms with Crippen LogP contribution in [0.25, 0.3) is 0 Å². The minimum atomic E-state index is -1.09. The van der Waals surface area contributed by atoms with Gasteiger partial charge in [-0.3, -0.25) is 4.79 Å². The molecule has 16 heavy (non-hydrogen) atoms. The van der Waals surface area contributed by atoms with Crippen LogP contribution in [0.3, 0.4) is 0 Å². The Balaban J connectivity index is 2.80. The van der Waals surface area contributed by atoms with Crippen molar-refractivity contribution in [3.63, 3.8) is 0 Å². The summed E-state index contributed by atoms with van der Waals surface area (Å²) in [7, 11) is 0. The monoisotopic (exact) mass is 224 g/mol. The fourth-order valence-corrected chi connectivity index (χ4v) is 1.20. The molecule has 0 radical (unpaired) electrons. The highest BCUT2D eigenvalue weighted by molar-refractivity contribution is 5.66. The van der Waals surface area contributed by atoms with Gasteiger partial charge in [0.2, 0.25) is 0 Å². The Labute approximate surface area is 95.2 Å². The first-order valence-electron chi connectivity index (χ1n) is 5.00. The Kier molecular flexibility index (Phi) is 3.41. The summed E-state index contributed by atoms with van der Waals surface area (Å²) in [4.78, 5) is 10.4. The number of ether oxygens (including phenoxy) is 2. The third-order valence-corrected chi connectivity index (χ3v) is 1.94. The van der Waals surface area contributed by atoms with E-state index in [2.05, 4.69) is 11.8 Å². The predicted octanol–water partition coefficient (Wildman–Crippen LogP) is 0.995. The van der Waals surface area contributed by atoms with Gasteiger partial charge in [0.05, 0.1) is 0 Å². The zero-order valence-corrected chi connectivity index (χ0v) is 9.90. The fraction of sp³-hybridized carbons (Fsp3) is 0.583. The van der Waals surface area contributed by atoms with Crippen LogP contribution in [-0.2, 0) is 14.3 Å². The Bertz CT molecular complexity index is 363. The smallest absolute Gasteiger partial charge is 0.265 e. The van der Waals surface area contributed by atoms with Crippen molar-refractivity contribution in [3.05, 3.63) is 11.8 Å². The van der Waals surface area contributed by atoms with E-state index < -0.39 is 17.5 Å². The first-order valence-corrected chi connectivity index (χ1v) is 5.00. The van der Waals surface area contributed by atoms with Crippen molar-refractivity contribution < 1.29 is 19.4 Å². The van der Waals surface area contributed by atoms with Gasteiger partial charge < -0.3 is 14.6 Å². The number of hydrogen-bond acceptors (Lipinski definition) is 4. The van der Waals surface area contributed by atoms with E-state index in [1.165, 1.54) is 6.08 Å². The summed E-state index contributed by atoms with van der Waals surface area (Å²) in [6.45, 7) is 6.72. The molecule has 0 aromatic rings. The molecule has 1 aliphatic rings. The Hall–Kier alpha value is -1.31. The summed E-state index contributed by atoms with van der Waals surface area (Å²) < 4.78 is 10.8. The maximum absolute atomic E-state index is 10.4. The minimum Gasteiger partial charge on any atom is -0.455 e. The van der Waals surface area contributed by atoms with E-state index in [1.807, 2.05) is 0 Å². The summed E-state index contributed by atoms with van der Waals surface area (Å²) in [5, 5.41) is 9.42. The predicted molar refractivity (Wildman–Crippen MR) is 58.3 cm³/mol. The van der Waals surface area contributed by atoms with E-state index >= 15 is 0 Å². The standard InChI is InChI=1S/C12H16O4/c1-11(2,14)7-5-10-15-9(6-8-13)12(3,4)16-10/h6,8,10,14H,1-4H3/b9-6+. The van der Waals surface area contributed by atoms with Gasteiger partial charge in [-0.2, -0.15) is 0 Å². The molecule has 1 fully saturated rings. The number of carbonyl (C=O) groups is 1. The second-order valence-corrected chi connectivity index (χ2v) is 4.57. The molecule has 0 aliphatic carbocycles. The van der Waals surface area contributed by atoms with Crippen molar-refractivity contribution in [2.45, 2.75) is 45.2 Å². The molecule has 4 nitrogen and oxygen atoms in total. The van der Waals surface area contributed by atoms with E-state index in [0.717, 1.165) is 0 Å². The second-order valence-electron chi connectivity index (χ2n) is 4.57. The van der Waals surface area contributed by atoms with Crippen LogP contribution in [-0.4, -0.2) is 28.9 Å². The van der Waals surface area contributed by atoms with Crippen LogP contribution in [0.4, 0.5) is 0 Å². The lowest BCUT2D eigenvalue weighted by Crippen LogP contribution is -2.22. The summed E-state index contributed by atoms with van der Waals surface area (Å²) in [5.41, 5.74) is -1.76. The van der Waals surface area contributed by atoms with Crippen molar-refractivity contribution in [1.29, 1.82) is 0 Å². The maximum atomic E-state index is 10.4. The third kappa shape index (κ3) is 3.37. The van der Waals surface area contributed by atoms with Gasteiger partial charge in [-0.05, 0) is 33.6 Å². The van der Waals surface area contributed by atoms with E-state index in [1.54, 1.807) is 27.7 Å². The van der Waals surface area contributed by atoms with Crippen molar-refractivity contribution in [3.8, 4) is 11.8 Å². The first-order chi connectivity index (χ1) is 7.24. The normalized spacial score (nSPS) is 25.8. The van der Waals surface area contributed by atoms with E-state index in [4.69, 9.17) is 9.47 Å². The van der Waals surface area contributed by atoms with Crippen molar-refractivity contribution >= 4 is 6.29 Å². The van der Waals surface area contributed by atoms with Crippen LogP contribution in [0.2, 0.25) is 0 Å². The molecule has 0 aromatic heterocycles. The maximum Gasteiger partial charge on any atom is 0.265 e. The lowest BCUT2D eigenvalue weighted by atomic mass is 10.1. The van der Waals surface area contributed by atoms with E-state index in [-0.39, 0.29) is 0 Å². The number of allylic oxidation sites excluding steroid dienone is 1. The number of hydrogen-bond donors (Lipinski definition) is 1. The number of aldehydes is 1. The quantitative estimate of drug-likeness (QED) is 0.410. The van der Waals surface area contributed by atoms with Crippen LogP contribution in [0.15, 0.2) is 11.8 Å². The van der Waals surface area contributed by atoms with Gasteiger partial charge in [0.15, 0.2) is 0 Å². The molecule has 0 spiro atoms. The zero-order valence-electron chi connectivity index (χ0n) is 9.90. The van der Waals surface area contributed by atoms with Crippen molar-refractivity contribution in [2.24, 2.45) is 0 Å². The molecule has 88 valence electrons. The molecule has 0 aromatic carbocycles. The van der Waals surface area contributed by atoms with Crippen LogP contribution < -0.4 is 0 Å². The third-order valence-electron chi connectivity index (χ3n) is 1.94. The highest BCUT2D eigenvalue weighted by Crippen LogP contribution is 2.31. The molecule has 1 unspecified atom stereocenters. The SMILES string of the molecule is CC(C)(O)C#CC1O/C(=C/C=O)C(C)(C)O1. The highest BCUT2D eigenvalue weighted by Gasteiger charge is 2.38. The molecule has 1 heterocycles. The number of carbonyl (C=O) groups excluding carboxylic acids is 1. The molecule has 0 amide bonds. The zero-order chi connectivity index (χ0) is 12.4. The fourth-order valence-electron chi connectivity index (χ4n) is 1.20. The average molecular weight is 224 g/mol. The Morgan fingerprint density at radius 2 is 2.12 bits per heavy atom. The van der Waals surface area contributed by atoms with Gasteiger partial charge in [0.25, 0.3) is 6.29 Å². The topological polar surface area (TPSA) is 55.8 Å².